The zero-order chi connectivity index (χ0) is 16.5. The Bertz CT molecular complexity index is 338. The molecule has 5 heteroatoms. The van der Waals surface area contributed by atoms with Crippen LogP contribution in [0.1, 0.15) is 77.6 Å². The van der Waals surface area contributed by atoms with Crippen LogP contribution in [0.4, 0.5) is 0 Å². The largest absolute Gasteiger partial charge is 0.481 e. The molecule has 1 heterocycles. The second-order valence-electron chi connectivity index (χ2n) is 7.11. The monoisotopic (exact) mass is 327 g/mol. The minimum Gasteiger partial charge on any atom is -0.481 e. The maximum absolute atomic E-state index is 11.8. The number of nitrogens with one attached hydrogen (secondary N) is 1. The number of rotatable bonds is 9. The molecule has 2 unspecified atom stereocenters. The van der Waals surface area contributed by atoms with E-state index in [1.54, 1.807) is 0 Å². The maximum atomic E-state index is 11.8. The molecule has 0 radical (unpaired) electrons. The van der Waals surface area contributed by atoms with Gasteiger partial charge in [0.25, 0.3) is 0 Å². The average molecular weight is 327 g/mol. The second kappa shape index (κ2) is 10.3. The summed E-state index contributed by atoms with van der Waals surface area (Å²) in [6, 6.07) is -0.134. The quantitative estimate of drug-likeness (QED) is 0.629. The molecular formula is C18H33NO4. The molecule has 2 fully saturated rings. The summed E-state index contributed by atoms with van der Waals surface area (Å²) in [5, 5.41) is 9.71. The molecule has 0 aromatic carbocycles. The van der Waals surface area contributed by atoms with Crippen molar-refractivity contribution < 1.29 is 19.5 Å². The summed E-state index contributed by atoms with van der Waals surface area (Å²) >= 11 is 0. The van der Waals surface area contributed by atoms with Gasteiger partial charge in [-0.2, -0.15) is 5.48 Å². The first-order chi connectivity index (χ1) is 11.2. The first kappa shape index (κ1) is 18.7. The maximum Gasteiger partial charge on any atom is 0.308 e. The normalized spacial score (nSPS) is 25.9. The van der Waals surface area contributed by atoms with Gasteiger partial charge in [-0.1, -0.05) is 45.4 Å². The fourth-order valence-corrected chi connectivity index (χ4v) is 3.84. The third kappa shape index (κ3) is 6.40. The number of carboxylic acid groups (broad SMARTS) is 1. The van der Waals surface area contributed by atoms with Gasteiger partial charge in [0, 0.05) is 19.1 Å². The highest BCUT2D eigenvalue weighted by Crippen LogP contribution is 2.31. The number of aliphatic carboxylic acids is 1. The van der Waals surface area contributed by atoms with Crippen LogP contribution in [0.2, 0.25) is 0 Å². The smallest absolute Gasteiger partial charge is 0.308 e. The predicted octanol–water partition coefficient (Wildman–Crippen LogP) is 3.87. The Kier molecular flexibility index (Phi) is 8.34. The Morgan fingerprint density at radius 1 is 1.22 bits per heavy atom. The summed E-state index contributed by atoms with van der Waals surface area (Å²) in [4.78, 5) is 17.5. The van der Waals surface area contributed by atoms with E-state index in [-0.39, 0.29) is 18.2 Å². The highest BCUT2D eigenvalue weighted by atomic mass is 16.8. The molecular weight excluding hydrogens is 294 g/mol. The number of hydroxylamine groups is 1. The lowest BCUT2D eigenvalue weighted by Gasteiger charge is -2.31. The first-order valence-corrected chi connectivity index (χ1v) is 9.46. The highest BCUT2D eigenvalue weighted by molar-refractivity contribution is 5.70. The van der Waals surface area contributed by atoms with E-state index >= 15 is 0 Å². The molecule has 0 bridgehead atoms. The molecule has 3 atom stereocenters. The molecule has 134 valence electrons. The molecule has 2 rings (SSSR count). The van der Waals surface area contributed by atoms with Crippen molar-refractivity contribution in [3.63, 3.8) is 0 Å². The summed E-state index contributed by atoms with van der Waals surface area (Å²) in [6.07, 6.45) is 11.5. The van der Waals surface area contributed by atoms with Gasteiger partial charge in [-0.05, 0) is 31.6 Å². The summed E-state index contributed by atoms with van der Waals surface area (Å²) in [6.45, 7) is 2.82. The van der Waals surface area contributed by atoms with Gasteiger partial charge < -0.3 is 9.84 Å². The van der Waals surface area contributed by atoms with Crippen LogP contribution in [0.25, 0.3) is 0 Å². The van der Waals surface area contributed by atoms with Gasteiger partial charge in [0.15, 0.2) is 6.29 Å². The van der Waals surface area contributed by atoms with Crippen LogP contribution in [-0.4, -0.2) is 30.0 Å². The third-order valence-corrected chi connectivity index (χ3v) is 5.20. The van der Waals surface area contributed by atoms with Gasteiger partial charge in [0.1, 0.15) is 0 Å². The molecule has 2 N–H and O–H groups in total. The number of carboxylic acids is 1. The van der Waals surface area contributed by atoms with E-state index < -0.39 is 5.97 Å². The van der Waals surface area contributed by atoms with Crippen LogP contribution in [-0.2, 0) is 14.4 Å². The van der Waals surface area contributed by atoms with E-state index in [1.165, 1.54) is 32.1 Å². The van der Waals surface area contributed by atoms with Crippen LogP contribution in [0.3, 0.4) is 0 Å². The Morgan fingerprint density at radius 3 is 2.57 bits per heavy atom. The van der Waals surface area contributed by atoms with Gasteiger partial charge in [0.2, 0.25) is 0 Å². The first-order valence-electron chi connectivity index (χ1n) is 9.46. The van der Waals surface area contributed by atoms with Crippen molar-refractivity contribution >= 4 is 5.97 Å². The van der Waals surface area contributed by atoms with E-state index in [2.05, 4.69) is 12.4 Å². The number of carbonyl (C=O) groups is 1. The Labute approximate surface area is 140 Å². The number of hydrogen-bond donors (Lipinski definition) is 2. The molecule has 1 saturated carbocycles. The summed E-state index contributed by atoms with van der Waals surface area (Å²) in [5.41, 5.74) is 3.06. The molecule has 0 aromatic rings. The van der Waals surface area contributed by atoms with E-state index in [9.17, 15) is 9.90 Å². The third-order valence-electron chi connectivity index (χ3n) is 5.20. The highest BCUT2D eigenvalue weighted by Gasteiger charge is 2.31. The Morgan fingerprint density at radius 2 is 1.96 bits per heavy atom. The molecule has 0 spiro atoms. The van der Waals surface area contributed by atoms with Crippen LogP contribution in [0.15, 0.2) is 0 Å². The van der Waals surface area contributed by atoms with Crippen molar-refractivity contribution in [3.05, 3.63) is 0 Å². The fraction of sp³-hybridized carbons (Fsp3) is 0.944. The van der Waals surface area contributed by atoms with Crippen molar-refractivity contribution in [2.45, 2.75) is 89.9 Å². The molecule has 0 aromatic heterocycles. The predicted molar refractivity (Wildman–Crippen MR) is 88.8 cm³/mol. The van der Waals surface area contributed by atoms with Gasteiger partial charge in [-0.15, -0.1) is 0 Å². The molecule has 0 amide bonds. The number of hydrogen-bond acceptors (Lipinski definition) is 4. The van der Waals surface area contributed by atoms with Crippen LogP contribution in [0, 0.1) is 11.8 Å². The average Bonchev–Trinajstić information content (AvgIpc) is 2.58. The molecule has 1 saturated heterocycles. The van der Waals surface area contributed by atoms with E-state index in [1.807, 2.05) is 0 Å². The van der Waals surface area contributed by atoms with Gasteiger partial charge in [0.05, 0.1) is 5.92 Å². The minimum absolute atomic E-state index is 0.134. The fourth-order valence-electron chi connectivity index (χ4n) is 3.84. The molecule has 1 aliphatic carbocycles. The Balaban J connectivity index is 1.88. The standard InChI is InChI=1S/C18H33NO4/c1-2-8-16(19-23-17-11-6-7-12-22-17)15(18(20)21)13-14-9-4-3-5-10-14/h14-17,19H,2-13H2,1H3,(H,20,21)/t15?,16-,17?/m0/s1. The van der Waals surface area contributed by atoms with Crippen molar-refractivity contribution in [1.29, 1.82) is 0 Å². The van der Waals surface area contributed by atoms with Crippen molar-refractivity contribution in [3.8, 4) is 0 Å². The topological polar surface area (TPSA) is 67.8 Å². The minimum atomic E-state index is -0.699. The summed E-state index contributed by atoms with van der Waals surface area (Å²) in [5.74, 6) is -0.520. The lowest BCUT2D eigenvalue weighted by atomic mass is 9.80. The van der Waals surface area contributed by atoms with E-state index in [0.29, 0.717) is 5.92 Å². The molecule has 23 heavy (non-hydrogen) atoms. The summed E-state index contributed by atoms with van der Waals surface area (Å²) < 4.78 is 5.56. The molecule has 2 aliphatic rings. The second-order valence-corrected chi connectivity index (χ2v) is 7.11. The van der Waals surface area contributed by atoms with Crippen molar-refractivity contribution in [2.24, 2.45) is 11.8 Å². The van der Waals surface area contributed by atoms with E-state index in [0.717, 1.165) is 45.1 Å². The molecule has 5 nitrogen and oxygen atoms in total. The summed E-state index contributed by atoms with van der Waals surface area (Å²) in [7, 11) is 0. The lowest BCUT2D eigenvalue weighted by Crippen LogP contribution is -2.43. The van der Waals surface area contributed by atoms with Crippen LogP contribution >= 0.6 is 0 Å². The van der Waals surface area contributed by atoms with Gasteiger partial charge in [-0.3, -0.25) is 9.63 Å². The zero-order valence-corrected chi connectivity index (χ0v) is 14.5. The van der Waals surface area contributed by atoms with Gasteiger partial charge >= 0.3 is 5.97 Å². The van der Waals surface area contributed by atoms with E-state index in [4.69, 9.17) is 9.57 Å². The SMILES string of the molecule is CCC[C@H](NOC1CCCCO1)C(CC1CCCCC1)C(=O)O. The van der Waals surface area contributed by atoms with Crippen LogP contribution < -0.4 is 5.48 Å². The van der Waals surface area contributed by atoms with Crippen molar-refractivity contribution in [2.75, 3.05) is 6.61 Å². The zero-order valence-electron chi connectivity index (χ0n) is 14.5. The Hall–Kier alpha value is -0.650. The van der Waals surface area contributed by atoms with Gasteiger partial charge in [-0.25, -0.2) is 0 Å². The van der Waals surface area contributed by atoms with Crippen LogP contribution in [0.5, 0.6) is 0 Å². The lowest BCUT2D eigenvalue weighted by molar-refractivity contribution is -0.208. The van der Waals surface area contributed by atoms with Crippen molar-refractivity contribution in [1.82, 2.24) is 5.48 Å². The molecule has 1 aliphatic heterocycles. The number of ether oxygens (including phenoxy) is 1.